The lowest BCUT2D eigenvalue weighted by atomic mass is 10.1. The minimum absolute atomic E-state index is 0.0463. The standard InChI is InChI=1S/C26H27F2N5O2/c1-2-12-33(26(35)20-4-3-5-22(28)17-20)18-25(34)32-15-13-31(14-16-32)24-11-10-23(29-30-24)19-6-8-21(27)9-7-19/h3-11,17H,2,12-16,18H2,1H3. The maximum Gasteiger partial charge on any atom is 0.254 e. The lowest BCUT2D eigenvalue weighted by Gasteiger charge is -2.36. The van der Waals surface area contributed by atoms with Crippen molar-refractivity contribution in [3.8, 4) is 11.3 Å². The second-order valence-corrected chi connectivity index (χ2v) is 8.39. The second kappa shape index (κ2) is 11.0. The highest BCUT2D eigenvalue weighted by Gasteiger charge is 2.25. The van der Waals surface area contributed by atoms with Gasteiger partial charge in [-0.25, -0.2) is 8.78 Å². The molecule has 0 spiro atoms. The molecule has 0 bridgehead atoms. The molecule has 1 saturated heterocycles. The average molecular weight is 480 g/mol. The third-order valence-corrected chi connectivity index (χ3v) is 5.93. The Kier molecular flexibility index (Phi) is 7.64. The molecule has 4 rings (SSSR count). The van der Waals surface area contributed by atoms with Crippen LogP contribution >= 0.6 is 0 Å². The minimum atomic E-state index is -0.483. The van der Waals surface area contributed by atoms with E-state index in [0.29, 0.717) is 50.7 Å². The molecular formula is C26H27F2N5O2. The molecule has 9 heteroatoms. The SMILES string of the molecule is CCCN(CC(=O)N1CCN(c2ccc(-c3ccc(F)cc3)nn2)CC1)C(=O)c1cccc(F)c1. The Morgan fingerprint density at radius 1 is 0.914 bits per heavy atom. The number of carbonyl (C=O) groups is 2. The Labute approximate surface area is 203 Å². The first-order chi connectivity index (χ1) is 16.9. The van der Waals surface area contributed by atoms with Gasteiger partial charge in [0.25, 0.3) is 5.91 Å². The van der Waals surface area contributed by atoms with Gasteiger partial charge < -0.3 is 14.7 Å². The van der Waals surface area contributed by atoms with Gasteiger partial charge in [0.1, 0.15) is 18.2 Å². The van der Waals surface area contributed by atoms with Gasteiger partial charge in [-0.2, -0.15) is 0 Å². The number of benzene rings is 2. The number of hydrogen-bond donors (Lipinski definition) is 0. The Bertz CT molecular complexity index is 1160. The van der Waals surface area contributed by atoms with Gasteiger partial charge in [0.2, 0.25) is 5.91 Å². The first-order valence-electron chi connectivity index (χ1n) is 11.6. The molecule has 0 unspecified atom stereocenters. The third-order valence-electron chi connectivity index (χ3n) is 5.93. The Morgan fingerprint density at radius 2 is 1.66 bits per heavy atom. The van der Waals surface area contributed by atoms with Crippen molar-refractivity contribution in [3.05, 3.63) is 77.9 Å². The van der Waals surface area contributed by atoms with E-state index in [2.05, 4.69) is 10.2 Å². The first-order valence-corrected chi connectivity index (χ1v) is 11.6. The van der Waals surface area contributed by atoms with Crippen molar-refractivity contribution in [2.24, 2.45) is 0 Å². The van der Waals surface area contributed by atoms with E-state index in [1.54, 1.807) is 23.1 Å². The van der Waals surface area contributed by atoms with Crippen molar-refractivity contribution in [2.45, 2.75) is 13.3 Å². The molecule has 0 aliphatic carbocycles. The number of amides is 2. The van der Waals surface area contributed by atoms with Gasteiger partial charge in [-0.15, -0.1) is 10.2 Å². The molecule has 0 radical (unpaired) electrons. The van der Waals surface area contributed by atoms with Crippen LogP contribution in [-0.2, 0) is 4.79 Å². The molecule has 35 heavy (non-hydrogen) atoms. The predicted octanol–water partition coefficient (Wildman–Crippen LogP) is 3.62. The maximum atomic E-state index is 13.6. The summed E-state index contributed by atoms with van der Waals surface area (Å²) >= 11 is 0. The molecule has 0 N–H and O–H groups in total. The van der Waals surface area contributed by atoms with Gasteiger partial charge in [-0.3, -0.25) is 9.59 Å². The lowest BCUT2D eigenvalue weighted by molar-refractivity contribution is -0.132. The zero-order chi connectivity index (χ0) is 24.8. The van der Waals surface area contributed by atoms with Crippen LogP contribution < -0.4 is 4.90 Å². The number of carbonyl (C=O) groups excluding carboxylic acids is 2. The van der Waals surface area contributed by atoms with Crippen LogP contribution in [0.1, 0.15) is 23.7 Å². The minimum Gasteiger partial charge on any atom is -0.352 e. The number of rotatable bonds is 7. The molecule has 2 aromatic carbocycles. The monoisotopic (exact) mass is 479 g/mol. The maximum absolute atomic E-state index is 13.6. The molecule has 2 amide bonds. The number of hydrogen-bond acceptors (Lipinski definition) is 5. The van der Waals surface area contributed by atoms with Crippen LogP contribution in [0.5, 0.6) is 0 Å². The van der Waals surface area contributed by atoms with Crippen molar-refractivity contribution in [2.75, 3.05) is 44.2 Å². The summed E-state index contributed by atoms with van der Waals surface area (Å²) in [5.74, 6) is -0.572. The predicted molar refractivity (Wildman–Crippen MR) is 129 cm³/mol. The van der Waals surface area contributed by atoms with E-state index in [0.717, 1.165) is 5.56 Å². The molecule has 3 aromatic rings. The second-order valence-electron chi connectivity index (χ2n) is 8.39. The normalized spacial score (nSPS) is 13.6. The number of aromatic nitrogens is 2. The zero-order valence-electron chi connectivity index (χ0n) is 19.5. The Balaban J connectivity index is 1.33. The molecule has 1 aliphatic rings. The Morgan fingerprint density at radius 3 is 2.29 bits per heavy atom. The van der Waals surface area contributed by atoms with E-state index in [-0.39, 0.29) is 29.7 Å². The number of piperazine rings is 1. The van der Waals surface area contributed by atoms with Crippen molar-refractivity contribution in [1.82, 2.24) is 20.0 Å². The molecule has 7 nitrogen and oxygen atoms in total. The fourth-order valence-electron chi connectivity index (χ4n) is 4.04. The molecule has 1 fully saturated rings. The van der Waals surface area contributed by atoms with Gasteiger partial charge in [0, 0.05) is 43.9 Å². The number of anilines is 1. The molecule has 0 atom stereocenters. The summed E-state index contributed by atoms with van der Waals surface area (Å²) in [7, 11) is 0. The number of halogens is 2. The van der Waals surface area contributed by atoms with Crippen molar-refractivity contribution < 1.29 is 18.4 Å². The van der Waals surface area contributed by atoms with Gasteiger partial charge in [-0.1, -0.05) is 13.0 Å². The summed E-state index contributed by atoms with van der Waals surface area (Å²) in [5, 5.41) is 8.56. The van der Waals surface area contributed by atoms with E-state index in [4.69, 9.17) is 0 Å². The highest BCUT2D eigenvalue weighted by atomic mass is 19.1. The van der Waals surface area contributed by atoms with Crippen LogP contribution in [0, 0.1) is 11.6 Å². The quantitative estimate of drug-likeness (QED) is 0.518. The lowest BCUT2D eigenvalue weighted by Crippen LogP contribution is -2.52. The average Bonchev–Trinajstić information content (AvgIpc) is 2.88. The molecule has 2 heterocycles. The van der Waals surface area contributed by atoms with Crippen LogP contribution in [0.15, 0.2) is 60.7 Å². The highest BCUT2D eigenvalue weighted by molar-refractivity contribution is 5.96. The van der Waals surface area contributed by atoms with Gasteiger partial charge >= 0.3 is 0 Å². The largest absolute Gasteiger partial charge is 0.352 e. The van der Waals surface area contributed by atoms with E-state index in [9.17, 15) is 18.4 Å². The first kappa shape index (κ1) is 24.3. The van der Waals surface area contributed by atoms with E-state index >= 15 is 0 Å². The van der Waals surface area contributed by atoms with Crippen LogP contribution in [0.4, 0.5) is 14.6 Å². The summed E-state index contributed by atoms with van der Waals surface area (Å²) < 4.78 is 26.7. The van der Waals surface area contributed by atoms with E-state index < -0.39 is 5.82 Å². The van der Waals surface area contributed by atoms with Gasteiger partial charge in [0.15, 0.2) is 5.82 Å². The van der Waals surface area contributed by atoms with Gasteiger partial charge in [0.05, 0.1) is 5.69 Å². The van der Waals surface area contributed by atoms with Crippen molar-refractivity contribution in [1.29, 1.82) is 0 Å². The molecule has 182 valence electrons. The Hall–Kier alpha value is -3.88. The molecule has 0 saturated carbocycles. The van der Waals surface area contributed by atoms with Crippen LogP contribution in [0.3, 0.4) is 0 Å². The topological polar surface area (TPSA) is 69.6 Å². The van der Waals surface area contributed by atoms with Crippen LogP contribution in [0.2, 0.25) is 0 Å². The molecular weight excluding hydrogens is 452 g/mol. The van der Waals surface area contributed by atoms with E-state index in [1.807, 2.05) is 24.0 Å². The summed E-state index contributed by atoms with van der Waals surface area (Å²) in [4.78, 5) is 31.0. The third kappa shape index (κ3) is 5.98. The summed E-state index contributed by atoms with van der Waals surface area (Å²) in [6.07, 6.45) is 0.689. The summed E-state index contributed by atoms with van der Waals surface area (Å²) in [5.41, 5.74) is 1.67. The van der Waals surface area contributed by atoms with Crippen molar-refractivity contribution in [3.63, 3.8) is 0 Å². The summed E-state index contributed by atoms with van der Waals surface area (Å²) in [6.45, 7) is 4.45. The zero-order valence-corrected chi connectivity index (χ0v) is 19.5. The molecule has 1 aliphatic heterocycles. The number of nitrogens with zero attached hydrogens (tertiary/aromatic N) is 5. The van der Waals surface area contributed by atoms with E-state index in [1.165, 1.54) is 35.2 Å². The summed E-state index contributed by atoms with van der Waals surface area (Å²) in [6, 6.07) is 15.3. The fourth-order valence-corrected chi connectivity index (χ4v) is 4.04. The van der Waals surface area contributed by atoms with Crippen LogP contribution in [0.25, 0.3) is 11.3 Å². The smallest absolute Gasteiger partial charge is 0.254 e. The van der Waals surface area contributed by atoms with Gasteiger partial charge in [-0.05, 0) is 61.0 Å². The van der Waals surface area contributed by atoms with Crippen LogP contribution in [-0.4, -0.2) is 71.1 Å². The molecule has 1 aromatic heterocycles. The van der Waals surface area contributed by atoms with Crippen molar-refractivity contribution >= 4 is 17.6 Å². The fraction of sp³-hybridized carbons (Fsp3) is 0.308. The highest BCUT2D eigenvalue weighted by Crippen LogP contribution is 2.20.